The number of pyridine rings is 1. The molecule has 0 saturated heterocycles. The fourth-order valence-corrected chi connectivity index (χ4v) is 4.32. The normalized spacial score (nSPS) is 19.6. The van der Waals surface area contributed by atoms with E-state index < -0.39 is 0 Å². The minimum Gasteiger partial charge on any atom is -0.320 e. The number of para-hydroxylation sites is 1. The standard InChI is InChI=1S/C20H20N4OS/c1-12-7-6-8-13(2)17(12)22-19(25)20-23-18(14(3)26-20)15-11-21-24-10-5-4-9-16(15)24/h4-11,14,18H,1-3H3,(H,22,25). The molecule has 132 valence electrons. The Hall–Kier alpha value is -2.60. The molecule has 1 aliphatic rings. The Morgan fingerprint density at radius 1 is 1.15 bits per heavy atom. The molecule has 4 rings (SSSR count). The number of rotatable bonds is 3. The average molecular weight is 364 g/mol. The van der Waals surface area contributed by atoms with E-state index in [-0.39, 0.29) is 17.2 Å². The number of aromatic nitrogens is 2. The number of hydrogen-bond acceptors (Lipinski definition) is 4. The van der Waals surface area contributed by atoms with Gasteiger partial charge in [-0.2, -0.15) is 5.10 Å². The van der Waals surface area contributed by atoms with Gasteiger partial charge >= 0.3 is 0 Å². The maximum Gasteiger partial charge on any atom is 0.280 e. The van der Waals surface area contributed by atoms with Crippen molar-refractivity contribution in [1.29, 1.82) is 0 Å². The van der Waals surface area contributed by atoms with Crippen LogP contribution in [0.3, 0.4) is 0 Å². The highest BCUT2D eigenvalue weighted by molar-refractivity contribution is 8.16. The largest absolute Gasteiger partial charge is 0.320 e. The highest BCUT2D eigenvalue weighted by Crippen LogP contribution is 2.39. The molecular formula is C20H20N4OS. The minimum absolute atomic E-state index is 0.0707. The van der Waals surface area contributed by atoms with Gasteiger partial charge < -0.3 is 5.32 Å². The minimum atomic E-state index is -0.141. The number of anilines is 1. The molecule has 2 atom stereocenters. The number of carbonyl (C=O) groups excluding carboxylic acids is 1. The molecule has 1 aromatic carbocycles. The molecule has 3 heterocycles. The average Bonchev–Trinajstić information content (AvgIpc) is 3.21. The Morgan fingerprint density at radius 3 is 2.69 bits per heavy atom. The Morgan fingerprint density at radius 2 is 1.92 bits per heavy atom. The van der Waals surface area contributed by atoms with Gasteiger partial charge in [0.25, 0.3) is 5.91 Å². The van der Waals surface area contributed by atoms with Crippen molar-refractivity contribution in [3.8, 4) is 0 Å². The van der Waals surface area contributed by atoms with Crippen LogP contribution in [0.4, 0.5) is 5.69 Å². The number of fused-ring (bicyclic) bond motifs is 1. The maximum atomic E-state index is 12.8. The van der Waals surface area contributed by atoms with Crippen LogP contribution < -0.4 is 5.32 Å². The first kappa shape index (κ1) is 16.8. The fourth-order valence-electron chi connectivity index (χ4n) is 3.30. The first-order chi connectivity index (χ1) is 12.5. The van der Waals surface area contributed by atoms with Crippen LogP contribution in [0.5, 0.6) is 0 Å². The summed E-state index contributed by atoms with van der Waals surface area (Å²) in [4.78, 5) is 17.5. The molecule has 0 aliphatic carbocycles. The lowest BCUT2D eigenvalue weighted by Crippen LogP contribution is -2.20. The zero-order valence-electron chi connectivity index (χ0n) is 14.9. The lowest BCUT2D eigenvalue weighted by molar-refractivity contribution is -0.110. The number of amides is 1. The summed E-state index contributed by atoms with van der Waals surface area (Å²) in [5.74, 6) is -0.141. The lowest BCUT2D eigenvalue weighted by atomic mass is 10.1. The Bertz CT molecular complexity index is 1000. The zero-order valence-corrected chi connectivity index (χ0v) is 15.7. The van der Waals surface area contributed by atoms with Crippen LogP contribution in [-0.4, -0.2) is 25.8 Å². The summed E-state index contributed by atoms with van der Waals surface area (Å²) in [6, 6.07) is 11.9. The van der Waals surface area contributed by atoms with Crippen molar-refractivity contribution in [2.75, 3.05) is 5.32 Å². The summed E-state index contributed by atoms with van der Waals surface area (Å²) in [5.41, 5.74) is 5.06. The molecule has 0 fully saturated rings. The van der Waals surface area contributed by atoms with Crippen LogP contribution in [0.15, 0.2) is 53.8 Å². The van der Waals surface area contributed by atoms with Crippen LogP contribution in [0, 0.1) is 13.8 Å². The van der Waals surface area contributed by atoms with Crippen LogP contribution in [-0.2, 0) is 4.79 Å². The number of benzene rings is 1. The maximum absolute atomic E-state index is 12.8. The molecule has 0 radical (unpaired) electrons. The van der Waals surface area contributed by atoms with E-state index in [4.69, 9.17) is 4.99 Å². The van der Waals surface area contributed by atoms with Gasteiger partial charge in [0.15, 0.2) is 5.04 Å². The SMILES string of the molecule is Cc1cccc(C)c1NC(=O)C1=NC(c2cnn3ccccc23)C(C)S1. The van der Waals surface area contributed by atoms with E-state index in [0.717, 1.165) is 27.9 Å². The lowest BCUT2D eigenvalue weighted by Gasteiger charge is -2.11. The molecule has 5 nitrogen and oxygen atoms in total. The number of carbonyl (C=O) groups is 1. The highest BCUT2D eigenvalue weighted by Gasteiger charge is 2.33. The Labute approximate surface area is 156 Å². The van der Waals surface area contributed by atoms with Gasteiger partial charge in [-0.05, 0) is 37.1 Å². The first-order valence-electron chi connectivity index (χ1n) is 8.59. The predicted octanol–water partition coefficient (Wildman–Crippen LogP) is 4.16. The van der Waals surface area contributed by atoms with Gasteiger partial charge in [0, 0.05) is 22.7 Å². The van der Waals surface area contributed by atoms with Crippen molar-refractivity contribution >= 4 is 33.9 Å². The number of nitrogens with one attached hydrogen (secondary N) is 1. The van der Waals surface area contributed by atoms with Crippen molar-refractivity contribution < 1.29 is 4.79 Å². The van der Waals surface area contributed by atoms with E-state index in [1.807, 2.05) is 67.2 Å². The molecule has 0 spiro atoms. The van der Waals surface area contributed by atoms with Gasteiger partial charge in [-0.3, -0.25) is 9.79 Å². The van der Waals surface area contributed by atoms with Crippen molar-refractivity contribution in [2.24, 2.45) is 4.99 Å². The smallest absolute Gasteiger partial charge is 0.280 e. The van der Waals surface area contributed by atoms with Gasteiger partial charge in [0.2, 0.25) is 0 Å². The van der Waals surface area contributed by atoms with E-state index >= 15 is 0 Å². The highest BCUT2D eigenvalue weighted by atomic mass is 32.2. The summed E-state index contributed by atoms with van der Waals surface area (Å²) in [6.07, 6.45) is 3.77. The van der Waals surface area contributed by atoms with Crippen LogP contribution in [0.25, 0.3) is 5.52 Å². The van der Waals surface area contributed by atoms with Gasteiger partial charge in [-0.25, -0.2) is 4.52 Å². The molecule has 26 heavy (non-hydrogen) atoms. The van der Waals surface area contributed by atoms with Crippen molar-refractivity contribution in [3.05, 3.63) is 65.5 Å². The third kappa shape index (κ3) is 2.90. The zero-order chi connectivity index (χ0) is 18.3. The summed E-state index contributed by atoms with van der Waals surface area (Å²) in [7, 11) is 0. The molecule has 2 aromatic heterocycles. The van der Waals surface area contributed by atoms with Crippen molar-refractivity contribution in [1.82, 2.24) is 9.61 Å². The molecule has 0 bridgehead atoms. The molecule has 0 saturated carbocycles. The second-order valence-corrected chi connectivity index (χ2v) is 7.92. The monoisotopic (exact) mass is 364 g/mol. The van der Waals surface area contributed by atoms with E-state index in [9.17, 15) is 4.79 Å². The summed E-state index contributed by atoms with van der Waals surface area (Å²) in [6.45, 7) is 6.10. The molecule has 1 aliphatic heterocycles. The number of hydrogen-bond donors (Lipinski definition) is 1. The first-order valence-corrected chi connectivity index (χ1v) is 9.47. The van der Waals surface area contributed by atoms with Crippen LogP contribution in [0.2, 0.25) is 0 Å². The van der Waals surface area contributed by atoms with Gasteiger partial charge in [-0.1, -0.05) is 43.0 Å². The van der Waals surface area contributed by atoms with Gasteiger partial charge in [0.05, 0.1) is 17.8 Å². The Kier molecular flexibility index (Phi) is 4.28. The summed E-state index contributed by atoms with van der Waals surface area (Å²) < 4.78 is 1.84. The third-order valence-corrected chi connectivity index (χ3v) is 5.83. The molecular weight excluding hydrogens is 344 g/mol. The van der Waals surface area contributed by atoms with Gasteiger partial charge in [-0.15, -0.1) is 0 Å². The molecule has 1 N–H and O–H groups in total. The molecule has 3 aromatic rings. The third-order valence-electron chi connectivity index (χ3n) is 4.69. The topological polar surface area (TPSA) is 58.8 Å². The van der Waals surface area contributed by atoms with Gasteiger partial charge in [0.1, 0.15) is 0 Å². The number of thioether (sulfide) groups is 1. The van der Waals surface area contributed by atoms with Crippen molar-refractivity contribution in [2.45, 2.75) is 32.1 Å². The Balaban J connectivity index is 1.62. The van der Waals surface area contributed by atoms with E-state index in [1.54, 1.807) is 0 Å². The molecule has 2 unspecified atom stereocenters. The quantitative estimate of drug-likeness (QED) is 0.759. The second-order valence-electron chi connectivity index (χ2n) is 6.55. The number of nitrogens with zero attached hydrogens (tertiary/aromatic N) is 3. The predicted molar refractivity (Wildman–Crippen MR) is 107 cm³/mol. The molecule has 6 heteroatoms. The summed E-state index contributed by atoms with van der Waals surface area (Å²) in [5, 5.41) is 8.14. The number of aryl methyl sites for hydroxylation is 2. The van der Waals surface area contributed by atoms with Crippen LogP contribution >= 0.6 is 11.8 Å². The second kappa shape index (κ2) is 6.61. The van der Waals surface area contributed by atoms with E-state index in [2.05, 4.69) is 17.3 Å². The van der Waals surface area contributed by atoms with Crippen LogP contribution in [0.1, 0.15) is 29.7 Å². The molecule has 1 amide bonds. The van der Waals surface area contributed by atoms with E-state index in [1.165, 1.54) is 11.8 Å². The van der Waals surface area contributed by atoms with Crippen molar-refractivity contribution in [3.63, 3.8) is 0 Å². The van der Waals surface area contributed by atoms with E-state index in [0.29, 0.717) is 5.04 Å². The summed E-state index contributed by atoms with van der Waals surface area (Å²) >= 11 is 1.52. The fraction of sp³-hybridized carbons (Fsp3) is 0.250. The number of aliphatic imine (C=N–C) groups is 1.